The number of hydrogen-bond acceptors (Lipinski definition) is 14. The number of unbranched alkanes of at least 4 members (excludes halogenated alkanes) is 16. The van der Waals surface area contributed by atoms with Crippen molar-refractivity contribution in [3.8, 4) is 91.7 Å². The van der Waals surface area contributed by atoms with Gasteiger partial charge in [-0.15, -0.1) is 23.0 Å². The van der Waals surface area contributed by atoms with Crippen LogP contribution in [-0.2, 0) is 48.0 Å². The van der Waals surface area contributed by atoms with Gasteiger partial charge in [-0.3, -0.25) is 4.68 Å². The largest absolute Gasteiger partial charge is 0.493 e. The molecule has 10 aromatic rings. The van der Waals surface area contributed by atoms with E-state index in [0.717, 1.165) is 210 Å². The minimum Gasteiger partial charge on any atom is -0.377 e. The molecule has 0 saturated carbocycles. The molecule has 26 heteroatoms. The van der Waals surface area contributed by atoms with Crippen LogP contribution in [-0.4, -0.2) is 103 Å². The number of terminal acetylenes is 2. The molecule has 113 heavy (non-hydrogen) atoms. The van der Waals surface area contributed by atoms with Crippen LogP contribution >= 0.6 is 0 Å². The molecule has 0 saturated heterocycles. The molecule has 2 aliphatic heterocycles. The van der Waals surface area contributed by atoms with Crippen LogP contribution in [0.15, 0.2) is 167 Å². The Balaban J connectivity index is 0.738. The highest BCUT2D eigenvalue weighted by Crippen LogP contribution is 2.40. The summed E-state index contributed by atoms with van der Waals surface area (Å²) in [6.45, 7) is 2.07. The first kappa shape index (κ1) is 80.8. The molecule has 24 nitrogen and oxygen atoms in total. The highest BCUT2D eigenvalue weighted by molar-refractivity contribution is 6.75. The molecule has 5 aromatic heterocycles. The van der Waals surface area contributed by atoms with Crippen LogP contribution in [0, 0.1) is 24.7 Å². The zero-order chi connectivity index (χ0) is 78.6. The molecule has 0 amide bonds. The van der Waals surface area contributed by atoms with Crippen molar-refractivity contribution in [1.82, 2.24) is 49.9 Å². The number of hydrogen-bond donors (Lipinski definition) is 2. The van der Waals surface area contributed by atoms with Gasteiger partial charge in [0.15, 0.2) is 0 Å². The topological polar surface area (TPSA) is 311 Å². The van der Waals surface area contributed by atoms with E-state index in [4.69, 9.17) is 61.2 Å². The summed E-state index contributed by atoms with van der Waals surface area (Å²) in [5.74, 6) is 5.58. The Kier molecular flexibility index (Phi) is 28.9. The van der Waals surface area contributed by atoms with Crippen molar-refractivity contribution in [3.05, 3.63) is 234 Å². The van der Waals surface area contributed by atoms with Crippen LogP contribution in [0.3, 0.4) is 0 Å². The first-order valence-electron chi connectivity index (χ1n) is 38.9. The standard InChI is InChI=1S/C87H95N19O5Si2/c1-7-63-27-31-70(32-28-63)84-74-43-47-78(94-74)86(72-39-35-68(36-40-72)82-61-105(103-98-82)52-24-20-16-12-10-14-18-22-26-54-113(109-5,110-6)111-112(107-3,108-4)53-25-21-17-13-9-11-15-19-23-51-91-100-88)79-48-44-75(95-79)85(71-33-29-64(8-2)30-34-71)77-46-50-81(97-77)87(80-49-45-76(84)96-80)73-41-37-69(38-42-73)83-62-106(104-99-83)60-67-56-65(58-92-101-89)55-66(57-67)59-93-102-90/h1-2,27-50,55-57,61-62,94,97H,9-26,51-54,58-60H2,3-6H3. The third kappa shape index (κ3) is 21.1. The molecule has 2 aliphatic rings. The van der Waals surface area contributed by atoms with Crippen LogP contribution < -0.4 is 0 Å². The maximum Gasteiger partial charge on any atom is 0.493 e. The highest BCUT2D eigenvalue weighted by Gasteiger charge is 2.51. The molecular formula is C87H95N19O5Si2. The molecule has 0 unspecified atom stereocenters. The first-order valence-corrected chi connectivity index (χ1v) is 42.7. The molecule has 12 rings (SSSR count). The van der Waals surface area contributed by atoms with Crippen LogP contribution in [0.2, 0.25) is 12.1 Å². The molecular weight excluding hydrogens is 1450 g/mol. The van der Waals surface area contributed by atoms with Crippen LogP contribution in [0.5, 0.6) is 0 Å². The molecule has 2 N–H and O–H groups in total. The van der Waals surface area contributed by atoms with E-state index < -0.39 is 17.6 Å². The lowest BCUT2D eigenvalue weighted by Gasteiger charge is -2.35. The number of rotatable bonds is 42. The number of azide groups is 3. The van der Waals surface area contributed by atoms with Crippen molar-refractivity contribution in [2.24, 2.45) is 15.3 Å². The second-order valence-electron chi connectivity index (χ2n) is 28.3. The maximum atomic E-state index is 9.02. The second kappa shape index (κ2) is 40.5. The summed E-state index contributed by atoms with van der Waals surface area (Å²) >= 11 is 0. The molecule has 576 valence electrons. The Labute approximate surface area is 661 Å². The van der Waals surface area contributed by atoms with Gasteiger partial charge in [0.1, 0.15) is 11.4 Å². The fourth-order valence-electron chi connectivity index (χ4n) is 14.8. The fraction of sp³-hybridized carbons (Fsp3) is 0.333. The predicted molar refractivity (Wildman–Crippen MR) is 453 cm³/mol. The van der Waals surface area contributed by atoms with Crippen molar-refractivity contribution in [1.29, 1.82) is 0 Å². The summed E-state index contributed by atoms with van der Waals surface area (Å²) in [4.78, 5) is 27.5. The van der Waals surface area contributed by atoms with Gasteiger partial charge >= 0.3 is 17.6 Å². The van der Waals surface area contributed by atoms with Crippen molar-refractivity contribution in [3.63, 3.8) is 0 Å². The minimum atomic E-state index is -3.00. The van der Waals surface area contributed by atoms with E-state index in [2.05, 4.69) is 157 Å². The number of aromatic amines is 2. The van der Waals surface area contributed by atoms with Gasteiger partial charge in [-0.2, -0.15) is 0 Å². The summed E-state index contributed by atoms with van der Waals surface area (Å²) in [6, 6.07) is 48.4. The summed E-state index contributed by atoms with van der Waals surface area (Å²) in [6.07, 6.45) is 44.3. The summed E-state index contributed by atoms with van der Waals surface area (Å²) < 4.78 is 34.6. The van der Waals surface area contributed by atoms with Gasteiger partial charge in [-0.25, -0.2) is 14.6 Å². The van der Waals surface area contributed by atoms with Crippen molar-refractivity contribution in [2.75, 3.05) is 35.0 Å². The van der Waals surface area contributed by atoms with Gasteiger partial charge in [-0.1, -0.05) is 218 Å². The Morgan fingerprint density at radius 3 is 1.10 bits per heavy atom. The van der Waals surface area contributed by atoms with Crippen molar-refractivity contribution < 1.29 is 21.8 Å². The van der Waals surface area contributed by atoms with Gasteiger partial charge in [0, 0.05) is 135 Å². The molecule has 0 aliphatic carbocycles. The van der Waals surface area contributed by atoms with E-state index in [9.17, 15) is 0 Å². The average Bonchev–Trinajstić information content (AvgIpc) is 1.60. The SMILES string of the molecule is C#Cc1ccc(-c2c3nc(c(-c4ccc(-c5cn(Cc6cc(CN=[N+]=[N-])cc(CN=[N+]=[N-])c6)nn5)cc4)c4ccc([nH]4)c(-c4ccc(C#C)cc4)c4nc(c(-c5ccc(-c6cn(CCCCCCCCCCC[Si](OC)(OC)O[Si](CCCCCCCCCCCN=[N+]=[N-])(OC)OC)nn6)cc5)c5ccc2[nH]5)C=C4)C=C3)cc1. The quantitative estimate of drug-likeness (QED) is 0.00904. The number of benzene rings is 5. The van der Waals surface area contributed by atoms with Crippen LogP contribution in [0.25, 0.3) is 145 Å². The summed E-state index contributed by atoms with van der Waals surface area (Å²) in [5.41, 5.74) is 47.4. The summed E-state index contributed by atoms with van der Waals surface area (Å²) in [5, 5.41) is 29.4. The van der Waals surface area contributed by atoms with E-state index in [0.29, 0.717) is 18.8 Å². The van der Waals surface area contributed by atoms with E-state index >= 15 is 0 Å². The smallest absolute Gasteiger partial charge is 0.377 e. The third-order valence-corrected chi connectivity index (χ3v) is 27.7. The third-order valence-electron chi connectivity index (χ3n) is 20.8. The van der Waals surface area contributed by atoms with E-state index in [1.807, 2.05) is 95.9 Å². The van der Waals surface area contributed by atoms with Gasteiger partial charge in [0.25, 0.3) is 0 Å². The Morgan fingerprint density at radius 2 is 0.726 bits per heavy atom. The van der Waals surface area contributed by atoms with Gasteiger partial charge in [-0.05, 0) is 154 Å². The van der Waals surface area contributed by atoms with Crippen molar-refractivity contribution >= 4 is 64.0 Å². The minimum absolute atomic E-state index is 0.156. The Bertz CT molecular complexity index is 5280. The second-order valence-corrected chi connectivity index (χ2v) is 34.5. The lowest BCUT2D eigenvalue weighted by atomic mass is 10.0. The molecule has 0 radical (unpaired) electrons. The number of nitrogens with one attached hydrogen (secondary N) is 2. The number of aromatic nitrogens is 10. The monoisotopic (exact) mass is 1540 g/mol. The zero-order valence-corrected chi connectivity index (χ0v) is 66.7. The predicted octanol–water partition coefficient (Wildman–Crippen LogP) is 22.3. The normalized spacial score (nSPS) is 11.8. The van der Waals surface area contributed by atoms with E-state index in [1.165, 1.54) is 57.8 Å². The number of aryl methyl sites for hydroxylation is 1. The van der Waals surface area contributed by atoms with Crippen LogP contribution in [0.4, 0.5) is 0 Å². The number of nitrogens with zero attached hydrogens (tertiary/aromatic N) is 17. The molecule has 7 heterocycles. The summed E-state index contributed by atoms with van der Waals surface area (Å²) in [7, 11) is 0.768. The van der Waals surface area contributed by atoms with E-state index in [1.54, 1.807) is 33.1 Å². The maximum absolute atomic E-state index is 9.02. The lowest BCUT2D eigenvalue weighted by molar-refractivity contribution is 0.0856. The first-order chi connectivity index (χ1) is 55.5. The number of fused-ring (bicyclic) bond motifs is 8. The Hall–Kier alpha value is -11.7. The highest BCUT2D eigenvalue weighted by atomic mass is 28.5. The molecule has 8 bridgehead atoms. The molecule has 0 atom stereocenters. The number of H-pyrrole nitrogens is 2. The van der Waals surface area contributed by atoms with Crippen molar-refractivity contribution in [2.45, 2.75) is 154 Å². The Morgan fingerprint density at radius 1 is 0.398 bits per heavy atom. The van der Waals surface area contributed by atoms with Gasteiger partial charge < -0.3 is 31.8 Å². The molecule has 0 fully saturated rings. The van der Waals surface area contributed by atoms with Crippen LogP contribution in [0.1, 0.15) is 166 Å². The zero-order valence-electron chi connectivity index (χ0n) is 64.7. The average molecular weight is 1540 g/mol. The van der Waals surface area contributed by atoms with Gasteiger partial charge in [0.2, 0.25) is 0 Å². The lowest BCUT2D eigenvalue weighted by Crippen LogP contribution is -2.57. The fourth-order valence-corrected chi connectivity index (χ4v) is 21.4. The molecule has 0 spiro atoms. The molecule has 5 aromatic carbocycles. The van der Waals surface area contributed by atoms with E-state index in [-0.39, 0.29) is 13.1 Å². The van der Waals surface area contributed by atoms with Gasteiger partial charge in [0.05, 0.1) is 54.8 Å².